The van der Waals surface area contributed by atoms with Gasteiger partial charge in [0.15, 0.2) is 22.9 Å². The van der Waals surface area contributed by atoms with E-state index in [4.69, 9.17) is 18.9 Å². The molecule has 3 aromatic rings. The fourth-order valence-electron chi connectivity index (χ4n) is 4.33. The van der Waals surface area contributed by atoms with Crippen LogP contribution in [-0.4, -0.2) is 49.4 Å². The van der Waals surface area contributed by atoms with E-state index in [-0.39, 0.29) is 24.3 Å². The molecule has 42 heavy (non-hydrogen) atoms. The van der Waals surface area contributed by atoms with Gasteiger partial charge in [-0.05, 0) is 62.2 Å². The lowest BCUT2D eigenvalue weighted by atomic mass is 9.95. The number of nitrogens with zero attached hydrogens (tertiary/aromatic N) is 2. The molecule has 4 rings (SSSR count). The Bertz CT molecular complexity index is 1720. The predicted molar refractivity (Wildman–Crippen MR) is 153 cm³/mol. The highest BCUT2D eigenvalue weighted by molar-refractivity contribution is 7.07. The number of carbonyl (C=O) groups is 3. The molecule has 1 aliphatic heterocycles. The Morgan fingerprint density at radius 1 is 1.02 bits per heavy atom. The number of allylic oxidation sites excluding steroid dienone is 1. The largest absolute Gasteiger partial charge is 0.490 e. The number of hydrogen-bond acceptors (Lipinski definition) is 11. The van der Waals surface area contributed by atoms with Crippen LogP contribution in [0.2, 0.25) is 0 Å². The first kappa shape index (κ1) is 30.3. The van der Waals surface area contributed by atoms with Crippen molar-refractivity contribution in [1.29, 1.82) is 0 Å². The van der Waals surface area contributed by atoms with E-state index in [1.807, 2.05) is 0 Å². The topological polar surface area (TPSA) is 132 Å². The summed E-state index contributed by atoms with van der Waals surface area (Å²) in [6.45, 7) is 6.63. The smallest absolute Gasteiger partial charge is 0.343 e. The van der Waals surface area contributed by atoms with E-state index in [1.165, 1.54) is 29.9 Å². The van der Waals surface area contributed by atoms with Gasteiger partial charge >= 0.3 is 17.9 Å². The fourth-order valence-corrected chi connectivity index (χ4v) is 5.38. The molecule has 1 aromatic heterocycles. The molecule has 2 aromatic carbocycles. The number of ether oxygens (including phenoxy) is 5. The van der Waals surface area contributed by atoms with Crippen LogP contribution in [-0.2, 0) is 23.9 Å². The number of methoxy groups -OCH3 is 1. The molecule has 0 spiro atoms. The third-order valence-electron chi connectivity index (χ3n) is 6.11. The Morgan fingerprint density at radius 2 is 1.76 bits per heavy atom. The molecule has 0 radical (unpaired) electrons. The molecule has 12 heteroatoms. The van der Waals surface area contributed by atoms with Gasteiger partial charge in [0.05, 0.1) is 42.2 Å². The maximum absolute atomic E-state index is 13.9. The van der Waals surface area contributed by atoms with Gasteiger partial charge in [0.2, 0.25) is 0 Å². The first-order valence-corrected chi connectivity index (χ1v) is 13.9. The van der Waals surface area contributed by atoms with Gasteiger partial charge in [-0.25, -0.2) is 14.6 Å². The summed E-state index contributed by atoms with van der Waals surface area (Å²) in [5.74, 6) is -0.569. The molecule has 220 valence electrons. The summed E-state index contributed by atoms with van der Waals surface area (Å²) in [5, 5.41) is 0. The van der Waals surface area contributed by atoms with E-state index in [9.17, 15) is 19.2 Å². The summed E-state index contributed by atoms with van der Waals surface area (Å²) >= 11 is 1.18. The van der Waals surface area contributed by atoms with Gasteiger partial charge in [0, 0.05) is 6.92 Å². The van der Waals surface area contributed by atoms with Crippen molar-refractivity contribution in [2.24, 2.45) is 4.99 Å². The molecule has 2 heterocycles. The Balaban J connectivity index is 1.85. The second kappa shape index (κ2) is 13.3. The molecule has 0 saturated carbocycles. The normalized spacial score (nSPS) is 14.5. The van der Waals surface area contributed by atoms with Crippen molar-refractivity contribution in [2.45, 2.75) is 33.7 Å². The number of rotatable bonds is 10. The van der Waals surface area contributed by atoms with Crippen LogP contribution < -0.4 is 29.1 Å². The van der Waals surface area contributed by atoms with Crippen LogP contribution in [0.1, 0.15) is 44.9 Å². The van der Waals surface area contributed by atoms with Crippen molar-refractivity contribution in [3.05, 3.63) is 84.5 Å². The molecule has 0 N–H and O–H groups in total. The molecule has 0 fully saturated rings. The molecule has 11 nitrogen and oxygen atoms in total. The van der Waals surface area contributed by atoms with Crippen molar-refractivity contribution in [3.63, 3.8) is 0 Å². The van der Waals surface area contributed by atoms with Crippen molar-refractivity contribution < 1.29 is 38.1 Å². The molecule has 0 saturated heterocycles. The van der Waals surface area contributed by atoms with Crippen LogP contribution in [0.25, 0.3) is 6.08 Å². The average Bonchev–Trinajstić information content (AvgIpc) is 3.26. The highest BCUT2D eigenvalue weighted by Crippen LogP contribution is 2.36. The lowest BCUT2D eigenvalue weighted by Gasteiger charge is -2.25. The Kier molecular flexibility index (Phi) is 9.58. The number of aromatic nitrogens is 1. The standard InChI is InChI=1S/C30H30N2O9S/c1-6-38-23-15-20(10-13-22(23)40-16-25(34)37-5)27-26(29(36)39-7-2)17(3)31-30-32(27)28(35)24(42-30)14-19-8-11-21(12-9-19)41-18(4)33/h8-15,27H,6-7,16H2,1-5H3/b24-14+/t27-/m0/s1. The van der Waals surface area contributed by atoms with Crippen LogP contribution in [0.5, 0.6) is 17.2 Å². The van der Waals surface area contributed by atoms with E-state index in [0.29, 0.717) is 50.0 Å². The summed E-state index contributed by atoms with van der Waals surface area (Å²) in [4.78, 5) is 54.9. The van der Waals surface area contributed by atoms with Crippen LogP contribution in [0, 0.1) is 0 Å². The van der Waals surface area contributed by atoms with Crippen LogP contribution in [0.4, 0.5) is 0 Å². The van der Waals surface area contributed by atoms with E-state index in [2.05, 4.69) is 9.73 Å². The highest BCUT2D eigenvalue weighted by Gasteiger charge is 2.34. The number of carbonyl (C=O) groups excluding carboxylic acids is 3. The Morgan fingerprint density at radius 3 is 2.40 bits per heavy atom. The lowest BCUT2D eigenvalue weighted by Crippen LogP contribution is -2.40. The summed E-state index contributed by atoms with van der Waals surface area (Å²) in [5.41, 5.74) is 1.54. The minimum Gasteiger partial charge on any atom is -0.490 e. The number of fused-ring (bicyclic) bond motifs is 1. The summed E-state index contributed by atoms with van der Waals surface area (Å²) in [7, 11) is 1.26. The zero-order valence-electron chi connectivity index (χ0n) is 23.8. The van der Waals surface area contributed by atoms with Gasteiger partial charge in [-0.15, -0.1) is 0 Å². The first-order chi connectivity index (χ1) is 20.2. The summed E-state index contributed by atoms with van der Waals surface area (Å²) in [6.07, 6.45) is 1.71. The Hall–Kier alpha value is -4.71. The number of esters is 3. The predicted octanol–water partition coefficient (Wildman–Crippen LogP) is 2.67. The van der Waals surface area contributed by atoms with E-state index in [1.54, 1.807) is 69.3 Å². The minimum atomic E-state index is -0.873. The van der Waals surface area contributed by atoms with E-state index < -0.39 is 23.9 Å². The van der Waals surface area contributed by atoms with Crippen molar-refractivity contribution in [1.82, 2.24) is 4.57 Å². The SMILES string of the molecule is CCOC(=O)C1=C(C)N=c2s/c(=C/c3ccc(OC(C)=O)cc3)c(=O)n2[C@H]1c1ccc(OCC(=O)OC)c(OCC)c1. The molecule has 1 atom stereocenters. The van der Waals surface area contributed by atoms with Crippen LogP contribution >= 0.6 is 11.3 Å². The fraction of sp³-hybridized carbons (Fsp3) is 0.300. The molecule has 0 bridgehead atoms. The van der Waals surface area contributed by atoms with Crippen molar-refractivity contribution in [3.8, 4) is 17.2 Å². The van der Waals surface area contributed by atoms with Gasteiger partial charge in [0.1, 0.15) is 5.75 Å². The van der Waals surface area contributed by atoms with Gasteiger partial charge in [-0.2, -0.15) is 0 Å². The average molecular weight is 595 g/mol. The number of benzene rings is 2. The number of thiazole rings is 1. The molecule has 0 amide bonds. The molecule has 1 aliphatic rings. The van der Waals surface area contributed by atoms with Gasteiger partial charge < -0.3 is 23.7 Å². The summed E-state index contributed by atoms with van der Waals surface area (Å²) < 4.78 is 28.3. The molecular formula is C30H30N2O9S. The van der Waals surface area contributed by atoms with Crippen molar-refractivity contribution in [2.75, 3.05) is 26.9 Å². The van der Waals surface area contributed by atoms with E-state index in [0.717, 1.165) is 0 Å². The van der Waals surface area contributed by atoms with Crippen LogP contribution in [0.3, 0.4) is 0 Å². The second-order valence-electron chi connectivity index (χ2n) is 8.97. The zero-order valence-corrected chi connectivity index (χ0v) is 24.6. The summed E-state index contributed by atoms with van der Waals surface area (Å²) in [6, 6.07) is 10.8. The molecule has 0 aliphatic carbocycles. The van der Waals surface area contributed by atoms with Gasteiger partial charge in [0.25, 0.3) is 5.56 Å². The van der Waals surface area contributed by atoms with Gasteiger partial charge in [-0.1, -0.05) is 29.5 Å². The lowest BCUT2D eigenvalue weighted by molar-refractivity contribution is -0.143. The van der Waals surface area contributed by atoms with Crippen LogP contribution in [0.15, 0.2) is 63.5 Å². The second-order valence-corrected chi connectivity index (χ2v) is 9.98. The van der Waals surface area contributed by atoms with Crippen molar-refractivity contribution >= 4 is 35.3 Å². The van der Waals surface area contributed by atoms with Gasteiger partial charge in [-0.3, -0.25) is 14.2 Å². The zero-order chi connectivity index (χ0) is 30.4. The Labute approximate surface area is 245 Å². The maximum Gasteiger partial charge on any atom is 0.343 e. The third kappa shape index (κ3) is 6.60. The minimum absolute atomic E-state index is 0.139. The maximum atomic E-state index is 13.9. The molecule has 0 unspecified atom stereocenters. The highest BCUT2D eigenvalue weighted by atomic mass is 32.1. The number of hydrogen-bond donors (Lipinski definition) is 0. The monoisotopic (exact) mass is 594 g/mol. The third-order valence-corrected chi connectivity index (χ3v) is 7.10. The quantitative estimate of drug-likeness (QED) is 0.257. The molecular weight excluding hydrogens is 564 g/mol. The first-order valence-electron chi connectivity index (χ1n) is 13.1. The van der Waals surface area contributed by atoms with E-state index >= 15 is 0 Å².